The lowest BCUT2D eigenvalue weighted by Gasteiger charge is -2.09. The third-order valence-electron chi connectivity index (χ3n) is 4.26. The van der Waals surface area contributed by atoms with Gasteiger partial charge in [-0.15, -0.1) is 0 Å². The van der Waals surface area contributed by atoms with E-state index in [1.165, 1.54) is 6.92 Å². The summed E-state index contributed by atoms with van der Waals surface area (Å²) >= 11 is 0. The average molecular weight is 470 g/mol. The van der Waals surface area contributed by atoms with E-state index in [1.54, 1.807) is 24.3 Å². The van der Waals surface area contributed by atoms with Crippen molar-refractivity contribution < 1.29 is 38.0 Å². The van der Waals surface area contributed by atoms with Crippen molar-refractivity contribution in [3.8, 4) is 5.75 Å². The van der Waals surface area contributed by atoms with Gasteiger partial charge in [0.25, 0.3) is 0 Å². The molecule has 0 aliphatic rings. The van der Waals surface area contributed by atoms with E-state index in [2.05, 4.69) is 12.2 Å². The predicted octanol–water partition coefficient (Wildman–Crippen LogP) is 3.21. The Morgan fingerprint density at radius 2 is 1.24 bits per heavy atom. The number of unbranched alkanes of at least 4 members (excludes halogenated alkanes) is 2. The standard InChI is InChI=1S/C24H39NO8/c1-3-4-5-6-24(27)33-20-18-31-16-14-29-12-11-28-13-15-30-17-19-32-23-9-7-22(8-10-23)25-21(2)26/h7-10H,3-6,11-20H2,1-2H3,(H,25,26). The fourth-order valence-electron chi connectivity index (χ4n) is 2.62. The summed E-state index contributed by atoms with van der Waals surface area (Å²) in [5, 5.41) is 2.70. The summed E-state index contributed by atoms with van der Waals surface area (Å²) in [6, 6.07) is 7.16. The summed E-state index contributed by atoms with van der Waals surface area (Å²) in [5.74, 6) is 0.448. The largest absolute Gasteiger partial charge is 0.491 e. The molecule has 9 heteroatoms. The van der Waals surface area contributed by atoms with Crippen molar-refractivity contribution in [2.24, 2.45) is 0 Å². The number of esters is 1. The Hall–Kier alpha value is -2.20. The minimum Gasteiger partial charge on any atom is -0.491 e. The van der Waals surface area contributed by atoms with Crippen LogP contribution in [0.2, 0.25) is 0 Å². The molecule has 33 heavy (non-hydrogen) atoms. The second-order valence-corrected chi connectivity index (χ2v) is 7.18. The first-order valence-electron chi connectivity index (χ1n) is 11.6. The molecule has 1 rings (SSSR count). The quantitative estimate of drug-likeness (QED) is 0.216. The molecule has 0 unspecified atom stereocenters. The Kier molecular flexibility index (Phi) is 17.8. The fourth-order valence-corrected chi connectivity index (χ4v) is 2.62. The van der Waals surface area contributed by atoms with Crippen LogP contribution in [0.15, 0.2) is 24.3 Å². The van der Waals surface area contributed by atoms with Crippen LogP contribution >= 0.6 is 0 Å². The smallest absolute Gasteiger partial charge is 0.305 e. The molecule has 0 spiro atoms. The highest BCUT2D eigenvalue weighted by Crippen LogP contribution is 2.15. The SMILES string of the molecule is CCCCCC(=O)OCCOCCOCCOCCOCCOc1ccc(NC(C)=O)cc1. The number of anilines is 1. The second kappa shape index (κ2) is 20.4. The van der Waals surface area contributed by atoms with Crippen LogP contribution in [0.1, 0.15) is 39.5 Å². The third kappa shape index (κ3) is 18.0. The van der Waals surface area contributed by atoms with Crippen molar-refractivity contribution in [3.05, 3.63) is 24.3 Å². The van der Waals surface area contributed by atoms with E-state index in [9.17, 15) is 9.59 Å². The molecular weight excluding hydrogens is 430 g/mol. The van der Waals surface area contributed by atoms with Gasteiger partial charge in [-0.05, 0) is 30.7 Å². The first kappa shape index (κ1) is 28.8. The van der Waals surface area contributed by atoms with Gasteiger partial charge in [0, 0.05) is 19.0 Å². The molecule has 1 aromatic rings. The molecule has 0 aliphatic heterocycles. The first-order valence-corrected chi connectivity index (χ1v) is 11.6. The van der Waals surface area contributed by atoms with Crippen molar-refractivity contribution >= 4 is 17.6 Å². The van der Waals surface area contributed by atoms with Crippen LogP contribution in [0.4, 0.5) is 5.69 Å². The minimum absolute atomic E-state index is 0.107. The van der Waals surface area contributed by atoms with Crippen LogP contribution in [-0.2, 0) is 33.3 Å². The highest BCUT2D eigenvalue weighted by molar-refractivity contribution is 5.88. The van der Waals surface area contributed by atoms with Crippen LogP contribution in [0, 0.1) is 0 Å². The van der Waals surface area contributed by atoms with Gasteiger partial charge in [-0.25, -0.2) is 0 Å². The van der Waals surface area contributed by atoms with E-state index >= 15 is 0 Å². The third-order valence-corrected chi connectivity index (χ3v) is 4.26. The Balaban J connectivity index is 1.79. The lowest BCUT2D eigenvalue weighted by Crippen LogP contribution is -2.15. The molecule has 0 aromatic heterocycles. The lowest BCUT2D eigenvalue weighted by molar-refractivity contribution is -0.145. The number of carbonyl (C=O) groups is 2. The summed E-state index contributed by atoms with van der Waals surface area (Å²) in [5.41, 5.74) is 0.732. The van der Waals surface area contributed by atoms with Crippen LogP contribution in [0.5, 0.6) is 5.75 Å². The molecule has 0 saturated heterocycles. The summed E-state index contributed by atoms with van der Waals surface area (Å²) in [6.07, 6.45) is 3.50. The van der Waals surface area contributed by atoms with Crippen molar-refractivity contribution in [2.75, 3.05) is 71.4 Å². The molecule has 0 heterocycles. The van der Waals surface area contributed by atoms with Gasteiger partial charge >= 0.3 is 5.97 Å². The monoisotopic (exact) mass is 469 g/mol. The zero-order valence-corrected chi connectivity index (χ0v) is 20.0. The lowest BCUT2D eigenvalue weighted by atomic mass is 10.2. The molecule has 0 fully saturated rings. The summed E-state index contributed by atoms with van der Waals surface area (Å²) in [7, 11) is 0. The number of nitrogens with one attached hydrogen (secondary N) is 1. The maximum absolute atomic E-state index is 11.4. The van der Waals surface area contributed by atoms with Gasteiger partial charge in [0.05, 0.1) is 52.9 Å². The van der Waals surface area contributed by atoms with Crippen LogP contribution in [-0.4, -0.2) is 77.9 Å². The van der Waals surface area contributed by atoms with Crippen molar-refractivity contribution in [1.29, 1.82) is 0 Å². The van der Waals surface area contributed by atoms with Crippen LogP contribution in [0.25, 0.3) is 0 Å². The maximum atomic E-state index is 11.4. The zero-order chi connectivity index (χ0) is 24.0. The van der Waals surface area contributed by atoms with Gasteiger partial charge in [-0.1, -0.05) is 19.8 Å². The topological polar surface area (TPSA) is 102 Å². The van der Waals surface area contributed by atoms with E-state index in [4.69, 9.17) is 28.4 Å². The van der Waals surface area contributed by atoms with Gasteiger partial charge in [0.1, 0.15) is 19.0 Å². The molecule has 188 valence electrons. The molecule has 1 amide bonds. The van der Waals surface area contributed by atoms with Crippen molar-refractivity contribution in [2.45, 2.75) is 39.5 Å². The number of benzene rings is 1. The van der Waals surface area contributed by atoms with Crippen molar-refractivity contribution in [1.82, 2.24) is 0 Å². The van der Waals surface area contributed by atoms with Gasteiger partial charge < -0.3 is 33.7 Å². The zero-order valence-electron chi connectivity index (χ0n) is 20.0. The van der Waals surface area contributed by atoms with E-state index in [0.717, 1.165) is 24.9 Å². The Labute approximate surface area is 197 Å². The van der Waals surface area contributed by atoms with Gasteiger partial charge in [0.2, 0.25) is 5.91 Å². The highest BCUT2D eigenvalue weighted by atomic mass is 16.6. The van der Waals surface area contributed by atoms with E-state index < -0.39 is 0 Å². The maximum Gasteiger partial charge on any atom is 0.305 e. The number of carbonyl (C=O) groups excluding carboxylic acids is 2. The van der Waals surface area contributed by atoms with E-state index in [0.29, 0.717) is 71.6 Å². The fraction of sp³-hybridized carbons (Fsp3) is 0.667. The number of rotatable bonds is 21. The normalized spacial score (nSPS) is 10.7. The molecule has 1 N–H and O–H groups in total. The van der Waals surface area contributed by atoms with Crippen molar-refractivity contribution in [3.63, 3.8) is 0 Å². The Morgan fingerprint density at radius 1 is 0.727 bits per heavy atom. The molecule has 0 saturated carbocycles. The molecule has 0 aliphatic carbocycles. The molecule has 0 radical (unpaired) electrons. The number of hydrogen-bond donors (Lipinski definition) is 1. The molecular formula is C24H39NO8. The molecule has 0 atom stereocenters. The van der Waals surface area contributed by atoms with Gasteiger partial charge in [-0.2, -0.15) is 0 Å². The molecule has 1 aromatic carbocycles. The first-order chi connectivity index (χ1) is 16.1. The average Bonchev–Trinajstić information content (AvgIpc) is 2.79. The summed E-state index contributed by atoms with van der Waals surface area (Å²) in [4.78, 5) is 22.4. The Morgan fingerprint density at radius 3 is 1.76 bits per heavy atom. The summed E-state index contributed by atoms with van der Waals surface area (Å²) in [6.45, 7) is 7.95. The van der Waals surface area contributed by atoms with E-state index in [-0.39, 0.29) is 18.5 Å². The second-order valence-electron chi connectivity index (χ2n) is 7.18. The summed E-state index contributed by atoms with van der Waals surface area (Å²) < 4.78 is 32.3. The predicted molar refractivity (Wildman–Crippen MR) is 125 cm³/mol. The Bertz CT molecular complexity index is 623. The highest BCUT2D eigenvalue weighted by Gasteiger charge is 2.02. The van der Waals surface area contributed by atoms with Gasteiger partial charge in [0.15, 0.2) is 0 Å². The number of amides is 1. The molecule has 0 bridgehead atoms. The number of ether oxygens (including phenoxy) is 6. The minimum atomic E-state index is -0.161. The van der Waals surface area contributed by atoms with E-state index in [1.807, 2.05) is 0 Å². The molecule has 9 nitrogen and oxygen atoms in total. The van der Waals surface area contributed by atoms with Gasteiger partial charge in [-0.3, -0.25) is 9.59 Å². The van der Waals surface area contributed by atoms with Crippen LogP contribution < -0.4 is 10.1 Å². The van der Waals surface area contributed by atoms with Crippen LogP contribution in [0.3, 0.4) is 0 Å². The number of hydrogen-bond acceptors (Lipinski definition) is 8.